The third-order valence-electron chi connectivity index (χ3n) is 4.43. The average molecular weight is 250 g/mol. The molecule has 18 heavy (non-hydrogen) atoms. The minimum absolute atomic E-state index is 0.0926. The van der Waals surface area contributed by atoms with Crippen molar-refractivity contribution in [2.45, 2.75) is 52.6 Å². The van der Waals surface area contributed by atoms with Gasteiger partial charge in [0.15, 0.2) is 5.78 Å². The number of hydrogen-bond acceptors (Lipinski definition) is 3. The molecule has 100 valence electrons. The Bertz CT molecular complexity index is 408. The molecule has 0 spiro atoms. The Hall–Kier alpha value is -1.12. The molecule has 1 saturated carbocycles. The van der Waals surface area contributed by atoms with E-state index >= 15 is 0 Å². The summed E-state index contributed by atoms with van der Waals surface area (Å²) in [4.78, 5) is 23.0. The number of ketones is 1. The minimum atomic E-state index is -0.491. The van der Waals surface area contributed by atoms with Gasteiger partial charge < -0.3 is 4.74 Å². The summed E-state index contributed by atoms with van der Waals surface area (Å²) in [5.41, 5.74) is 0.722. The van der Waals surface area contributed by atoms with Crippen molar-refractivity contribution in [1.82, 2.24) is 0 Å². The molecule has 0 unspecified atom stereocenters. The maximum absolute atomic E-state index is 11.7. The average Bonchev–Trinajstić information content (AvgIpc) is 2.59. The zero-order valence-corrected chi connectivity index (χ0v) is 11.7. The van der Waals surface area contributed by atoms with Crippen LogP contribution in [-0.2, 0) is 14.3 Å². The Morgan fingerprint density at radius 2 is 2.17 bits per heavy atom. The van der Waals surface area contributed by atoms with Gasteiger partial charge in [-0.05, 0) is 37.7 Å². The molecule has 1 fully saturated rings. The predicted octanol–water partition coefficient (Wildman–Crippen LogP) is 2.89. The van der Waals surface area contributed by atoms with Gasteiger partial charge >= 0.3 is 5.97 Å². The van der Waals surface area contributed by atoms with Gasteiger partial charge in [-0.25, -0.2) is 0 Å². The van der Waals surface area contributed by atoms with E-state index in [0.29, 0.717) is 18.3 Å². The summed E-state index contributed by atoms with van der Waals surface area (Å²) < 4.78 is 5.54. The van der Waals surface area contributed by atoms with Gasteiger partial charge in [0.05, 0.1) is 0 Å². The fourth-order valence-corrected chi connectivity index (χ4v) is 3.55. The minimum Gasteiger partial charge on any atom is -0.459 e. The fraction of sp³-hybridized carbons (Fsp3) is 0.733. The van der Waals surface area contributed by atoms with Crippen LogP contribution in [0, 0.1) is 17.8 Å². The number of rotatable bonds is 2. The molecule has 0 N–H and O–H groups in total. The van der Waals surface area contributed by atoms with Crippen LogP contribution in [0.15, 0.2) is 11.6 Å². The first kappa shape index (κ1) is 13.3. The Kier molecular flexibility index (Phi) is 3.35. The van der Waals surface area contributed by atoms with Gasteiger partial charge in [-0.2, -0.15) is 0 Å². The molecule has 0 amide bonds. The van der Waals surface area contributed by atoms with E-state index in [0.717, 1.165) is 12.8 Å². The monoisotopic (exact) mass is 250 g/mol. The third kappa shape index (κ3) is 2.23. The Morgan fingerprint density at radius 1 is 1.50 bits per heavy atom. The predicted molar refractivity (Wildman–Crippen MR) is 68.9 cm³/mol. The molecule has 3 heteroatoms. The standard InChI is InChI=1S/C15H22O3/c1-9(2)12-5-6-15(4,18-10(3)16)14-8-11(17)7-13(12)14/h7,9,12,14H,5-6,8H2,1-4H3/t12-,14+,15+/m0/s1. The van der Waals surface area contributed by atoms with Crippen LogP contribution in [0.25, 0.3) is 0 Å². The molecule has 0 aromatic rings. The van der Waals surface area contributed by atoms with Gasteiger partial charge in [-0.3, -0.25) is 9.59 Å². The molecule has 3 atom stereocenters. The van der Waals surface area contributed by atoms with Gasteiger partial charge in [0.1, 0.15) is 5.60 Å². The first-order valence-corrected chi connectivity index (χ1v) is 6.77. The highest BCUT2D eigenvalue weighted by atomic mass is 16.6. The van der Waals surface area contributed by atoms with E-state index < -0.39 is 5.60 Å². The summed E-state index contributed by atoms with van der Waals surface area (Å²) in [5.74, 6) is 1.02. The molecular weight excluding hydrogens is 228 g/mol. The molecular formula is C15H22O3. The van der Waals surface area contributed by atoms with E-state index in [4.69, 9.17) is 4.74 Å². The highest BCUT2D eigenvalue weighted by molar-refractivity contribution is 5.94. The lowest BCUT2D eigenvalue weighted by Gasteiger charge is -2.44. The summed E-state index contributed by atoms with van der Waals surface area (Å²) >= 11 is 0. The molecule has 0 bridgehead atoms. The van der Waals surface area contributed by atoms with Crippen LogP contribution in [0.2, 0.25) is 0 Å². The summed E-state index contributed by atoms with van der Waals surface area (Å²) in [5, 5.41) is 0. The van der Waals surface area contributed by atoms with Gasteiger partial charge in [-0.1, -0.05) is 19.4 Å². The number of esters is 1. The smallest absolute Gasteiger partial charge is 0.303 e. The van der Waals surface area contributed by atoms with E-state index in [-0.39, 0.29) is 17.7 Å². The molecule has 0 saturated heterocycles. The van der Waals surface area contributed by atoms with Gasteiger partial charge in [0.25, 0.3) is 0 Å². The molecule has 2 rings (SSSR count). The SMILES string of the molecule is CC(=O)O[C@]1(C)CC[C@@H](C(C)C)C2=CC(=O)C[C@H]21. The second kappa shape index (κ2) is 4.52. The van der Waals surface area contributed by atoms with Crippen LogP contribution in [0.5, 0.6) is 0 Å². The zero-order chi connectivity index (χ0) is 13.5. The van der Waals surface area contributed by atoms with Crippen LogP contribution in [0.1, 0.15) is 47.0 Å². The lowest BCUT2D eigenvalue weighted by atomic mass is 9.66. The summed E-state index contributed by atoms with van der Waals surface area (Å²) in [6.45, 7) is 7.81. The van der Waals surface area contributed by atoms with Crippen molar-refractivity contribution < 1.29 is 14.3 Å². The topological polar surface area (TPSA) is 43.4 Å². The van der Waals surface area contributed by atoms with Crippen LogP contribution >= 0.6 is 0 Å². The van der Waals surface area contributed by atoms with Crippen LogP contribution in [-0.4, -0.2) is 17.4 Å². The lowest BCUT2D eigenvalue weighted by molar-refractivity contribution is -0.163. The van der Waals surface area contributed by atoms with E-state index in [1.54, 1.807) is 6.08 Å². The Labute approximate surface area is 109 Å². The Balaban J connectivity index is 2.29. The normalized spacial score (nSPS) is 35.4. The second-order valence-corrected chi connectivity index (χ2v) is 6.16. The first-order chi connectivity index (χ1) is 8.33. The van der Waals surface area contributed by atoms with Crippen LogP contribution < -0.4 is 0 Å². The van der Waals surface area contributed by atoms with Crippen LogP contribution in [0.3, 0.4) is 0 Å². The van der Waals surface area contributed by atoms with Gasteiger partial charge in [-0.15, -0.1) is 0 Å². The van der Waals surface area contributed by atoms with Crippen molar-refractivity contribution in [2.75, 3.05) is 0 Å². The first-order valence-electron chi connectivity index (χ1n) is 6.77. The van der Waals surface area contributed by atoms with Crippen LogP contribution in [0.4, 0.5) is 0 Å². The molecule has 2 aliphatic carbocycles. The second-order valence-electron chi connectivity index (χ2n) is 6.16. The maximum Gasteiger partial charge on any atom is 0.303 e. The molecule has 0 heterocycles. The van der Waals surface area contributed by atoms with Gasteiger partial charge in [0.2, 0.25) is 0 Å². The largest absolute Gasteiger partial charge is 0.459 e. The number of carbonyl (C=O) groups excluding carboxylic acids is 2. The summed E-state index contributed by atoms with van der Waals surface area (Å²) in [6.07, 6.45) is 4.15. The maximum atomic E-state index is 11.7. The molecule has 0 radical (unpaired) electrons. The quantitative estimate of drug-likeness (QED) is 0.708. The molecule has 3 nitrogen and oxygen atoms in total. The van der Waals surface area contributed by atoms with E-state index in [1.165, 1.54) is 12.5 Å². The van der Waals surface area contributed by atoms with Crippen molar-refractivity contribution in [1.29, 1.82) is 0 Å². The van der Waals surface area contributed by atoms with Crippen molar-refractivity contribution >= 4 is 11.8 Å². The van der Waals surface area contributed by atoms with E-state index in [9.17, 15) is 9.59 Å². The molecule has 0 aromatic heterocycles. The summed E-state index contributed by atoms with van der Waals surface area (Å²) in [6, 6.07) is 0. The number of ether oxygens (including phenoxy) is 1. The van der Waals surface area contributed by atoms with Crippen molar-refractivity contribution in [3.05, 3.63) is 11.6 Å². The van der Waals surface area contributed by atoms with E-state index in [2.05, 4.69) is 13.8 Å². The van der Waals surface area contributed by atoms with Crippen molar-refractivity contribution in [3.63, 3.8) is 0 Å². The highest BCUT2D eigenvalue weighted by Crippen LogP contribution is 2.49. The number of allylic oxidation sites excluding steroid dienone is 1. The fourth-order valence-electron chi connectivity index (χ4n) is 3.55. The number of hydrogen-bond donors (Lipinski definition) is 0. The zero-order valence-electron chi connectivity index (χ0n) is 11.7. The highest BCUT2D eigenvalue weighted by Gasteiger charge is 2.49. The molecule has 2 aliphatic rings. The summed E-state index contributed by atoms with van der Waals surface area (Å²) in [7, 11) is 0. The van der Waals surface area contributed by atoms with Crippen molar-refractivity contribution in [2.24, 2.45) is 17.8 Å². The lowest BCUT2D eigenvalue weighted by Crippen LogP contribution is -2.45. The van der Waals surface area contributed by atoms with Gasteiger partial charge in [0, 0.05) is 19.3 Å². The molecule has 0 aromatic carbocycles. The van der Waals surface area contributed by atoms with E-state index in [1.807, 2.05) is 6.92 Å². The van der Waals surface area contributed by atoms with Crippen molar-refractivity contribution in [3.8, 4) is 0 Å². The number of carbonyl (C=O) groups is 2. The Morgan fingerprint density at radius 3 is 2.72 bits per heavy atom. The molecule has 0 aliphatic heterocycles. The third-order valence-corrected chi connectivity index (χ3v) is 4.43. The number of fused-ring (bicyclic) bond motifs is 1.